The Morgan fingerprint density at radius 3 is 2.52 bits per heavy atom. The molecule has 2 atom stereocenters. The summed E-state index contributed by atoms with van der Waals surface area (Å²) in [4.78, 5) is -0.446. The highest BCUT2D eigenvalue weighted by molar-refractivity contribution is 7.89. The van der Waals surface area contributed by atoms with Gasteiger partial charge in [-0.1, -0.05) is 6.92 Å². The SMILES string of the molecule is C[C@@H]1CN(S(=O)(=O)c2ccc(C(F)(F)F)cc2C#N)C[C@H]1CO. The molecule has 9 heteroatoms. The van der Waals surface area contributed by atoms with Gasteiger partial charge >= 0.3 is 6.18 Å². The maximum Gasteiger partial charge on any atom is 0.416 e. The number of sulfonamides is 1. The van der Waals surface area contributed by atoms with Gasteiger partial charge in [0.05, 0.1) is 16.0 Å². The van der Waals surface area contributed by atoms with Crippen LogP contribution in [0.2, 0.25) is 0 Å². The summed E-state index contributed by atoms with van der Waals surface area (Å²) in [6, 6.07) is 3.52. The van der Waals surface area contributed by atoms with Crippen LogP contribution in [0, 0.1) is 23.2 Å². The van der Waals surface area contributed by atoms with Crippen molar-refractivity contribution in [2.24, 2.45) is 11.8 Å². The Labute approximate surface area is 132 Å². The van der Waals surface area contributed by atoms with Crippen LogP contribution in [0.1, 0.15) is 18.1 Å². The van der Waals surface area contributed by atoms with Gasteiger partial charge in [0.15, 0.2) is 0 Å². The number of nitriles is 1. The second-order valence-corrected chi connectivity index (χ2v) is 7.47. The average Bonchev–Trinajstić information content (AvgIpc) is 2.87. The number of hydrogen-bond acceptors (Lipinski definition) is 4. The second-order valence-electron chi connectivity index (χ2n) is 5.56. The third-order valence-electron chi connectivity index (χ3n) is 4.01. The molecule has 1 aromatic rings. The third-order valence-corrected chi connectivity index (χ3v) is 5.90. The van der Waals surface area contributed by atoms with E-state index in [1.54, 1.807) is 6.92 Å². The first-order chi connectivity index (χ1) is 10.6. The van der Waals surface area contributed by atoms with Crippen molar-refractivity contribution in [3.63, 3.8) is 0 Å². The molecule has 1 heterocycles. The molecule has 126 valence electrons. The van der Waals surface area contributed by atoms with Crippen molar-refractivity contribution in [1.82, 2.24) is 4.31 Å². The molecule has 0 bridgehead atoms. The van der Waals surface area contributed by atoms with Crippen LogP contribution in [0.4, 0.5) is 13.2 Å². The highest BCUT2D eigenvalue weighted by Gasteiger charge is 2.39. The predicted molar refractivity (Wildman–Crippen MR) is 74.7 cm³/mol. The van der Waals surface area contributed by atoms with Crippen LogP contribution in [-0.2, 0) is 16.2 Å². The lowest BCUT2D eigenvalue weighted by molar-refractivity contribution is -0.137. The first-order valence-corrected chi connectivity index (χ1v) is 8.27. The highest BCUT2D eigenvalue weighted by Crippen LogP contribution is 2.34. The van der Waals surface area contributed by atoms with Crippen molar-refractivity contribution in [2.45, 2.75) is 18.0 Å². The van der Waals surface area contributed by atoms with E-state index in [0.717, 1.165) is 10.4 Å². The van der Waals surface area contributed by atoms with Crippen LogP contribution in [0.3, 0.4) is 0 Å². The van der Waals surface area contributed by atoms with Gasteiger partial charge in [-0.3, -0.25) is 0 Å². The highest BCUT2D eigenvalue weighted by atomic mass is 32.2. The summed E-state index contributed by atoms with van der Waals surface area (Å²) in [7, 11) is -4.09. The molecule has 1 aliphatic rings. The number of hydrogen-bond donors (Lipinski definition) is 1. The molecule has 0 aliphatic carbocycles. The minimum absolute atomic E-state index is 0.0743. The summed E-state index contributed by atoms with van der Waals surface area (Å²) in [6.45, 7) is 1.84. The lowest BCUT2D eigenvalue weighted by atomic mass is 10.00. The zero-order valence-electron chi connectivity index (χ0n) is 12.2. The molecule has 1 saturated heterocycles. The molecular weight excluding hydrogens is 333 g/mol. The molecule has 1 N–H and O–H groups in total. The van der Waals surface area contributed by atoms with Gasteiger partial charge in [0.2, 0.25) is 10.0 Å². The Bertz CT molecular complexity index is 741. The van der Waals surface area contributed by atoms with Crippen molar-refractivity contribution in [1.29, 1.82) is 5.26 Å². The summed E-state index contributed by atoms with van der Waals surface area (Å²) < 4.78 is 64.3. The Balaban J connectivity index is 2.44. The van der Waals surface area contributed by atoms with Crippen LogP contribution >= 0.6 is 0 Å². The van der Waals surface area contributed by atoms with Crippen molar-refractivity contribution >= 4 is 10.0 Å². The fourth-order valence-electron chi connectivity index (χ4n) is 2.58. The molecule has 1 fully saturated rings. The molecule has 0 unspecified atom stereocenters. The monoisotopic (exact) mass is 348 g/mol. The zero-order valence-corrected chi connectivity index (χ0v) is 13.0. The minimum atomic E-state index is -4.65. The summed E-state index contributed by atoms with van der Waals surface area (Å²) >= 11 is 0. The van der Waals surface area contributed by atoms with E-state index in [9.17, 15) is 26.7 Å². The minimum Gasteiger partial charge on any atom is -0.396 e. The van der Waals surface area contributed by atoms with E-state index in [1.165, 1.54) is 6.07 Å². The van der Waals surface area contributed by atoms with E-state index in [-0.39, 0.29) is 31.5 Å². The van der Waals surface area contributed by atoms with Gasteiger partial charge in [-0.2, -0.15) is 22.7 Å². The smallest absolute Gasteiger partial charge is 0.396 e. The van der Waals surface area contributed by atoms with Crippen LogP contribution < -0.4 is 0 Å². The number of aliphatic hydroxyl groups is 1. The number of rotatable bonds is 3. The molecule has 5 nitrogen and oxygen atoms in total. The van der Waals surface area contributed by atoms with E-state index < -0.39 is 32.2 Å². The predicted octanol–water partition coefficient (Wildman–Crippen LogP) is 1.83. The summed E-state index contributed by atoms with van der Waals surface area (Å²) in [5.41, 5.74) is -1.61. The van der Waals surface area contributed by atoms with Crippen LogP contribution in [-0.4, -0.2) is 37.5 Å². The molecule has 1 aliphatic heterocycles. The number of nitrogens with zero attached hydrogens (tertiary/aromatic N) is 2. The van der Waals surface area contributed by atoms with E-state index in [2.05, 4.69) is 0 Å². The lowest BCUT2D eigenvalue weighted by Crippen LogP contribution is -2.30. The van der Waals surface area contributed by atoms with Crippen LogP contribution in [0.5, 0.6) is 0 Å². The van der Waals surface area contributed by atoms with E-state index in [0.29, 0.717) is 12.1 Å². The van der Waals surface area contributed by atoms with Gasteiger partial charge in [0, 0.05) is 19.7 Å². The van der Waals surface area contributed by atoms with Gasteiger partial charge in [0.1, 0.15) is 6.07 Å². The number of benzene rings is 1. The molecule has 0 spiro atoms. The lowest BCUT2D eigenvalue weighted by Gasteiger charge is -2.18. The molecule has 0 saturated carbocycles. The van der Waals surface area contributed by atoms with Crippen molar-refractivity contribution in [2.75, 3.05) is 19.7 Å². The summed E-state index contributed by atoms with van der Waals surface area (Å²) in [5.74, 6) is -0.306. The van der Waals surface area contributed by atoms with Gasteiger partial charge in [-0.15, -0.1) is 0 Å². The fourth-order valence-corrected chi connectivity index (χ4v) is 4.30. The topological polar surface area (TPSA) is 81.4 Å². The van der Waals surface area contributed by atoms with Crippen molar-refractivity contribution in [3.05, 3.63) is 29.3 Å². The number of aliphatic hydroxyl groups excluding tert-OH is 1. The van der Waals surface area contributed by atoms with Crippen molar-refractivity contribution < 1.29 is 26.7 Å². The molecule has 0 aromatic heterocycles. The van der Waals surface area contributed by atoms with Gasteiger partial charge in [-0.25, -0.2) is 8.42 Å². The Morgan fingerprint density at radius 1 is 1.39 bits per heavy atom. The van der Waals surface area contributed by atoms with Gasteiger partial charge in [0.25, 0.3) is 0 Å². The average molecular weight is 348 g/mol. The zero-order chi connectivity index (χ0) is 17.4. The standard InChI is InChI=1S/C14H15F3N2O3S/c1-9-6-19(7-11(9)8-20)23(21,22)13-3-2-12(14(15,16)17)4-10(13)5-18/h2-4,9,11,20H,6-8H2,1H3/t9-,11+/m1/s1. The number of alkyl halides is 3. The Morgan fingerprint density at radius 2 is 2.04 bits per heavy atom. The first kappa shape index (κ1) is 17.7. The maximum absolute atomic E-state index is 12.7. The van der Waals surface area contributed by atoms with Gasteiger partial charge in [-0.05, 0) is 30.0 Å². The van der Waals surface area contributed by atoms with E-state index >= 15 is 0 Å². The largest absolute Gasteiger partial charge is 0.416 e. The van der Waals surface area contributed by atoms with Gasteiger partial charge < -0.3 is 5.11 Å². The normalized spacial score (nSPS) is 23.0. The molecule has 23 heavy (non-hydrogen) atoms. The van der Waals surface area contributed by atoms with E-state index in [1.807, 2.05) is 0 Å². The third kappa shape index (κ3) is 3.34. The molecule has 0 radical (unpaired) electrons. The van der Waals surface area contributed by atoms with Crippen LogP contribution in [0.25, 0.3) is 0 Å². The van der Waals surface area contributed by atoms with E-state index in [4.69, 9.17) is 5.26 Å². The van der Waals surface area contributed by atoms with Crippen LogP contribution in [0.15, 0.2) is 23.1 Å². The van der Waals surface area contributed by atoms with Crippen molar-refractivity contribution in [3.8, 4) is 6.07 Å². The summed E-state index contributed by atoms with van der Waals surface area (Å²) in [6.07, 6.45) is -4.65. The first-order valence-electron chi connectivity index (χ1n) is 6.83. The summed E-state index contributed by atoms with van der Waals surface area (Å²) in [5, 5.41) is 18.2. The second kappa shape index (κ2) is 6.11. The molecule has 1 aromatic carbocycles. The molecule has 2 rings (SSSR count). The Hall–Kier alpha value is -1.63. The Kier molecular flexibility index (Phi) is 4.71. The number of halogens is 3. The molecule has 0 amide bonds. The molecular formula is C14H15F3N2O3S. The fraction of sp³-hybridized carbons (Fsp3) is 0.500. The maximum atomic E-state index is 12.7. The quantitative estimate of drug-likeness (QED) is 0.903.